The molecule has 1 saturated carbocycles. The van der Waals surface area contributed by atoms with Crippen LogP contribution in [0.2, 0.25) is 0 Å². The molecular formula is C39H60N4O5. The van der Waals surface area contributed by atoms with Crippen molar-refractivity contribution in [2.24, 2.45) is 17.8 Å². The van der Waals surface area contributed by atoms with Crippen molar-refractivity contribution in [3.05, 3.63) is 35.9 Å². The van der Waals surface area contributed by atoms with Gasteiger partial charge in [0.1, 0.15) is 6.04 Å². The Morgan fingerprint density at radius 1 is 1.00 bits per heavy atom. The van der Waals surface area contributed by atoms with Gasteiger partial charge in [0.2, 0.25) is 17.7 Å². The number of fused-ring (bicyclic) bond motifs is 2. The van der Waals surface area contributed by atoms with E-state index in [4.69, 9.17) is 11.2 Å². The van der Waals surface area contributed by atoms with Crippen molar-refractivity contribution in [2.75, 3.05) is 33.4 Å². The maximum absolute atomic E-state index is 13.9. The lowest BCUT2D eigenvalue weighted by molar-refractivity contribution is -0.137. The molecule has 3 aliphatic rings. The number of amides is 3. The topological polar surface area (TPSA) is 111 Å². The molecule has 0 radical (unpaired) electrons. The smallest absolute Gasteiger partial charge is 0.243 e. The first-order chi connectivity index (χ1) is 23.1. The maximum atomic E-state index is 13.9. The van der Waals surface area contributed by atoms with Crippen LogP contribution in [-0.4, -0.2) is 96.3 Å². The lowest BCUT2D eigenvalue weighted by Gasteiger charge is -2.35. The van der Waals surface area contributed by atoms with E-state index in [9.17, 15) is 19.5 Å². The number of ether oxygens (including phenoxy) is 1. The fourth-order valence-electron chi connectivity index (χ4n) is 7.92. The molecule has 2 saturated heterocycles. The van der Waals surface area contributed by atoms with Gasteiger partial charge in [-0.1, -0.05) is 76.3 Å². The predicted molar refractivity (Wildman–Crippen MR) is 189 cm³/mol. The van der Waals surface area contributed by atoms with Crippen LogP contribution in [-0.2, 0) is 25.5 Å². The Kier molecular flexibility index (Phi) is 15.2. The molecule has 1 aromatic rings. The molecule has 2 heterocycles. The molecule has 4 rings (SSSR count). The van der Waals surface area contributed by atoms with E-state index in [2.05, 4.69) is 35.3 Å². The van der Waals surface area contributed by atoms with Crippen molar-refractivity contribution in [1.29, 1.82) is 0 Å². The second-order valence-electron chi connectivity index (χ2n) is 15.0. The number of hydrogen-bond acceptors (Lipinski definition) is 6. The van der Waals surface area contributed by atoms with Crippen molar-refractivity contribution in [3.8, 4) is 12.3 Å². The van der Waals surface area contributed by atoms with E-state index in [-0.39, 0.29) is 36.6 Å². The largest absolute Gasteiger partial charge is 0.393 e. The van der Waals surface area contributed by atoms with E-state index in [0.717, 1.165) is 57.4 Å². The molecule has 3 N–H and O–H groups in total. The summed E-state index contributed by atoms with van der Waals surface area (Å²) in [6, 6.07) is 9.37. The van der Waals surface area contributed by atoms with Crippen LogP contribution in [0.25, 0.3) is 0 Å². The van der Waals surface area contributed by atoms with Crippen LogP contribution in [0.15, 0.2) is 30.3 Å². The zero-order valence-electron chi connectivity index (χ0n) is 29.6. The minimum Gasteiger partial charge on any atom is -0.393 e. The van der Waals surface area contributed by atoms with Gasteiger partial charge in [0.25, 0.3) is 0 Å². The summed E-state index contributed by atoms with van der Waals surface area (Å²) in [5.41, 5.74) is 0.947. The van der Waals surface area contributed by atoms with E-state index in [1.54, 1.807) is 11.9 Å². The van der Waals surface area contributed by atoms with Crippen LogP contribution >= 0.6 is 0 Å². The monoisotopic (exact) mass is 664 g/mol. The number of rotatable bonds is 18. The molecule has 9 nitrogen and oxygen atoms in total. The summed E-state index contributed by atoms with van der Waals surface area (Å²) in [5.74, 6) is 1.97. The van der Waals surface area contributed by atoms with Gasteiger partial charge in [-0.2, -0.15) is 0 Å². The Hall–Kier alpha value is -2.93. The highest BCUT2D eigenvalue weighted by atomic mass is 16.5. The second-order valence-corrected chi connectivity index (χ2v) is 15.0. The minimum absolute atomic E-state index is 0.0310. The van der Waals surface area contributed by atoms with Crippen LogP contribution < -0.4 is 10.6 Å². The highest BCUT2D eigenvalue weighted by molar-refractivity contribution is 5.91. The lowest BCUT2D eigenvalue weighted by Crippen LogP contribution is -2.52. The number of aliphatic hydroxyl groups is 1. The molecule has 266 valence electrons. The fraction of sp³-hybridized carbons (Fsp3) is 0.718. The summed E-state index contributed by atoms with van der Waals surface area (Å²) in [4.78, 5) is 45.4. The molecule has 0 spiro atoms. The van der Waals surface area contributed by atoms with Crippen molar-refractivity contribution in [3.63, 3.8) is 0 Å². The molecule has 4 unspecified atom stereocenters. The molecule has 48 heavy (non-hydrogen) atoms. The van der Waals surface area contributed by atoms with Crippen LogP contribution in [0.3, 0.4) is 0 Å². The number of benzene rings is 1. The molecule has 2 aliphatic heterocycles. The van der Waals surface area contributed by atoms with Crippen LogP contribution in [0.1, 0.15) is 96.5 Å². The Balaban J connectivity index is 1.40. The van der Waals surface area contributed by atoms with E-state index in [1.165, 1.54) is 19.3 Å². The third-order valence-corrected chi connectivity index (χ3v) is 10.6. The first kappa shape index (κ1) is 37.9. The van der Waals surface area contributed by atoms with Gasteiger partial charge in [-0.25, -0.2) is 0 Å². The second kappa shape index (κ2) is 19.3. The van der Waals surface area contributed by atoms with Gasteiger partial charge in [-0.05, 0) is 55.9 Å². The first-order valence-electron chi connectivity index (χ1n) is 18.5. The summed E-state index contributed by atoms with van der Waals surface area (Å²) in [7, 11) is 1.80. The highest BCUT2D eigenvalue weighted by Gasteiger charge is 2.37. The summed E-state index contributed by atoms with van der Waals surface area (Å²) in [5, 5.41) is 16.9. The summed E-state index contributed by atoms with van der Waals surface area (Å²) >= 11 is 0. The number of aliphatic hydroxyl groups excluding tert-OH is 1. The van der Waals surface area contributed by atoms with E-state index < -0.39 is 18.1 Å². The van der Waals surface area contributed by atoms with Crippen molar-refractivity contribution in [1.82, 2.24) is 20.4 Å². The number of carbonyl (C=O) groups excluding carboxylic acids is 3. The van der Waals surface area contributed by atoms with Gasteiger partial charge in [0.05, 0.1) is 25.2 Å². The van der Waals surface area contributed by atoms with Gasteiger partial charge in [-0.15, -0.1) is 12.3 Å². The quantitative estimate of drug-likeness (QED) is 0.202. The standard InChI is InChI=1S/C39H60N4O5/c1-5-12-36(39(47)40-32(25-35(44)21-28(2)3)23-30-15-10-7-11-16-30)41-38(46)31(22-29-13-8-6-9-14-29)24-37(45)42(4)19-20-43-33-17-18-34(43)27-48-26-33/h1,6,8-9,13-14,28,30-36,44H,7,10-12,15-27H2,2-4H3,(H,40,47)(H,41,46)/t31?,32?,33?,34?,35-,36-/m0/s1. The molecule has 1 aromatic carbocycles. The number of hydrogen-bond donors (Lipinski definition) is 3. The zero-order chi connectivity index (χ0) is 34.5. The molecule has 6 atom stereocenters. The molecular weight excluding hydrogens is 604 g/mol. The zero-order valence-corrected chi connectivity index (χ0v) is 29.6. The van der Waals surface area contributed by atoms with Crippen molar-refractivity contribution in [2.45, 2.75) is 128 Å². The molecule has 3 amide bonds. The van der Waals surface area contributed by atoms with Gasteiger partial charge in [-0.3, -0.25) is 19.3 Å². The van der Waals surface area contributed by atoms with Gasteiger partial charge in [0.15, 0.2) is 0 Å². The third kappa shape index (κ3) is 11.9. The number of nitrogens with one attached hydrogen (secondary N) is 2. The van der Waals surface area contributed by atoms with E-state index in [1.807, 2.05) is 30.3 Å². The van der Waals surface area contributed by atoms with E-state index in [0.29, 0.717) is 49.7 Å². The number of morpholine rings is 1. The van der Waals surface area contributed by atoms with Crippen molar-refractivity contribution >= 4 is 17.7 Å². The number of terminal acetylenes is 1. The normalized spacial score (nSPS) is 22.3. The van der Waals surface area contributed by atoms with Gasteiger partial charge >= 0.3 is 0 Å². The molecule has 1 aliphatic carbocycles. The Morgan fingerprint density at radius 3 is 2.33 bits per heavy atom. The van der Waals surface area contributed by atoms with Crippen LogP contribution in [0, 0.1) is 30.1 Å². The first-order valence-corrected chi connectivity index (χ1v) is 18.5. The SMILES string of the molecule is C#CC[C@H](NC(=O)C(CC(=O)N(C)CCN1C2CCC1COC2)Cc1ccccc1)C(=O)NC(CC1CCCCC1)C[C@@H](O)CC(C)C. The van der Waals surface area contributed by atoms with Crippen LogP contribution in [0.5, 0.6) is 0 Å². The Labute approximate surface area is 288 Å². The minimum atomic E-state index is -0.929. The third-order valence-electron chi connectivity index (χ3n) is 10.6. The van der Waals surface area contributed by atoms with Gasteiger partial charge < -0.3 is 25.4 Å². The Morgan fingerprint density at radius 2 is 1.69 bits per heavy atom. The van der Waals surface area contributed by atoms with Gasteiger partial charge in [0, 0.05) is 51.1 Å². The summed E-state index contributed by atoms with van der Waals surface area (Å²) in [6.07, 6.45) is 15.7. The van der Waals surface area contributed by atoms with Crippen LogP contribution in [0.4, 0.5) is 0 Å². The lowest BCUT2D eigenvalue weighted by atomic mass is 9.83. The predicted octanol–water partition coefficient (Wildman–Crippen LogP) is 4.32. The average Bonchev–Trinajstić information content (AvgIpc) is 3.27. The number of carbonyl (C=O) groups is 3. The summed E-state index contributed by atoms with van der Waals surface area (Å²) < 4.78 is 5.71. The fourth-order valence-corrected chi connectivity index (χ4v) is 7.92. The maximum Gasteiger partial charge on any atom is 0.243 e. The van der Waals surface area contributed by atoms with Crippen molar-refractivity contribution < 1.29 is 24.2 Å². The summed E-state index contributed by atoms with van der Waals surface area (Å²) in [6.45, 7) is 7.03. The Bertz CT molecular complexity index is 1180. The number of likely N-dealkylation sites (N-methyl/N-ethyl adjacent to an activating group) is 1. The molecule has 3 fully saturated rings. The van der Waals surface area contributed by atoms with E-state index >= 15 is 0 Å². The molecule has 9 heteroatoms. The molecule has 0 aromatic heterocycles. The average molecular weight is 665 g/mol. The number of nitrogens with zero attached hydrogens (tertiary/aromatic N) is 2. The molecule has 2 bridgehead atoms. The highest BCUT2D eigenvalue weighted by Crippen LogP contribution is 2.30.